The van der Waals surface area contributed by atoms with Crippen LogP contribution < -0.4 is 15.8 Å². The Bertz CT molecular complexity index is 638. The van der Waals surface area contributed by atoms with Crippen molar-refractivity contribution in [3.63, 3.8) is 0 Å². The summed E-state index contributed by atoms with van der Waals surface area (Å²) in [6.07, 6.45) is 0.982. The summed E-state index contributed by atoms with van der Waals surface area (Å²) in [7, 11) is 0. The van der Waals surface area contributed by atoms with E-state index >= 15 is 0 Å². The Morgan fingerprint density at radius 3 is 2.65 bits per heavy atom. The van der Waals surface area contributed by atoms with E-state index in [9.17, 15) is 4.79 Å². The maximum atomic E-state index is 12.0. The second-order valence-corrected chi connectivity index (χ2v) is 6.53. The average Bonchev–Trinajstić information content (AvgIpc) is 3.01. The number of rotatable bonds is 7. The number of aromatic nitrogens is 1. The molecule has 1 heterocycles. The lowest BCUT2D eigenvalue weighted by Crippen LogP contribution is -2.39. The van der Waals surface area contributed by atoms with E-state index in [1.807, 2.05) is 43.5 Å². The normalized spacial score (nSPS) is 12.2. The van der Waals surface area contributed by atoms with E-state index in [1.54, 1.807) is 0 Å². The molecule has 0 saturated carbocycles. The second kappa shape index (κ2) is 8.08. The molecule has 2 aromatic rings. The maximum absolute atomic E-state index is 12.0. The molecule has 1 amide bonds. The molecule has 0 unspecified atom stereocenters. The van der Waals surface area contributed by atoms with Gasteiger partial charge < -0.3 is 15.8 Å². The molecule has 1 aromatic heterocycles. The number of carbonyl (C=O) groups excluding carboxylic acids is 1. The Kier molecular flexibility index (Phi) is 6.12. The highest BCUT2D eigenvalue weighted by Gasteiger charge is 2.18. The summed E-state index contributed by atoms with van der Waals surface area (Å²) in [5, 5.41) is 5.25. The molecular formula is C17H23N3O2S. The largest absolute Gasteiger partial charge is 0.494 e. The van der Waals surface area contributed by atoms with Crippen molar-refractivity contribution in [3.8, 4) is 17.0 Å². The number of thiazole rings is 1. The van der Waals surface area contributed by atoms with Gasteiger partial charge in [0.15, 0.2) is 5.13 Å². The number of nitrogens with one attached hydrogen (secondary N) is 1. The van der Waals surface area contributed by atoms with Crippen LogP contribution in [-0.2, 0) is 4.79 Å². The number of hydrogen-bond donors (Lipinski definition) is 2. The summed E-state index contributed by atoms with van der Waals surface area (Å²) < 4.78 is 5.56. The van der Waals surface area contributed by atoms with Crippen molar-refractivity contribution in [2.75, 3.05) is 11.9 Å². The third-order valence-corrected chi connectivity index (χ3v) is 4.14. The second-order valence-electron chi connectivity index (χ2n) is 5.67. The van der Waals surface area contributed by atoms with Gasteiger partial charge in [-0.2, -0.15) is 0 Å². The zero-order chi connectivity index (χ0) is 16.8. The minimum absolute atomic E-state index is 0.0881. The molecule has 124 valence electrons. The molecule has 0 radical (unpaired) electrons. The molecule has 23 heavy (non-hydrogen) atoms. The molecule has 0 aliphatic rings. The van der Waals surface area contributed by atoms with Crippen LogP contribution in [0.15, 0.2) is 29.6 Å². The van der Waals surface area contributed by atoms with E-state index < -0.39 is 6.04 Å². The van der Waals surface area contributed by atoms with E-state index in [2.05, 4.69) is 17.2 Å². The summed E-state index contributed by atoms with van der Waals surface area (Å²) >= 11 is 1.39. The highest BCUT2D eigenvalue weighted by molar-refractivity contribution is 7.14. The van der Waals surface area contributed by atoms with Gasteiger partial charge in [0.2, 0.25) is 5.91 Å². The molecule has 0 aliphatic heterocycles. The number of benzene rings is 1. The van der Waals surface area contributed by atoms with Crippen LogP contribution in [0.5, 0.6) is 5.75 Å². The predicted octanol–water partition coefficient (Wildman–Crippen LogP) is 3.52. The molecule has 1 atom stereocenters. The van der Waals surface area contributed by atoms with Gasteiger partial charge >= 0.3 is 0 Å². The fraction of sp³-hybridized carbons (Fsp3) is 0.412. The van der Waals surface area contributed by atoms with Gasteiger partial charge in [-0.15, -0.1) is 11.3 Å². The van der Waals surface area contributed by atoms with Crippen LogP contribution in [0.4, 0.5) is 5.13 Å². The number of nitrogens with zero attached hydrogens (tertiary/aromatic N) is 1. The third-order valence-electron chi connectivity index (χ3n) is 3.38. The first-order valence-corrected chi connectivity index (χ1v) is 8.64. The van der Waals surface area contributed by atoms with E-state index in [0.29, 0.717) is 11.7 Å². The smallest absolute Gasteiger partial charge is 0.243 e. The fourth-order valence-electron chi connectivity index (χ4n) is 1.90. The Balaban J connectivity index is 2.02. The van der Waals surface area contributed by atoms with Crippen molar-refractivity contribution in [3.05, 3.63) is 29.6 Å². The Morgan fingerprint density at radius 2 is 2.04 bits per heavy atom. The van der Waals surface area contributed by atoms with Crippen molar-refractivity contribution < 1.29 is 9.53 Å². The highest BCUT2D eigenvalue weighted by atomic mass is 32.1. The number of nitrogens with two attached hydrogens (primary N) is 1. The van der Waals surface area contributed by atoms with Gasteiger partial charge in [0, 0.05) is 10.9 Å². The first-order chi connectivity index (χ1) is 11.0. The molecule has 0 saturated heterocycles. The lowest BCUT2D eigenvalue weighted by atomic mass is 10.1. The van der Waals surface area contributed by atoms with Crippen LogP contribution in [0, 0.1) is 5.92 Å². The molecular weight excluding hydrogens is 310 g/mol. The minimum Gasteiger partial charge on any atom is -0.494 e. The minimum atomic E-state index is -0.530. The lowest BCUT2D eigenvalue weighted by Gasteiger charge is -2.13. The van der Waals surface area contributed by atoms with Gasteiger partial charge in [-0.3, -0.25) is 4.79 Å². The molecule has 5 nitrogen and oxygen atoms in total. The Hall–Kier alpha value is -1.92. The fourth-order valence-corrected chi connectivity index (χ4v) is 2.62. The first-order valence-electron chi connectivity index (χ1n) is 7.76. The summed E-state index contributed by atoms with van der Waals surface area (Å²) in [6.45, 7) is 6.62. The van der Waals surface area contributed by atoms with Crippen LogP contribution in [0.3, 0.4) is 0 Å². The van der Waals surface area contributed by atoms with Crippen molar-refractivity contribution in [1.82, 2.24) is 4.98 Å². The van der Waals surface area contributed by atoms with E-state index in [0.717, 1.165) is 23.4 Å². The summed E-state index contributed by atoms with van der Waals surface area (Å²) in [5.74, 6) is 0.733. The van der Waals surface area contributed by atoms with E-state index in [4.69, 9.17) is 10.5 Å². The molecule has 0 fully saturated rings. The average molecular weight is 333 g/mol. The van der Waals surface area contributed by atoms with Gasteiger partial charge in [-0.05, 0) is 36.6 Å². The number of anilines is 1. The number of amides is 1. The van der Waals surface area contributed by atoms with Crippen LogP contribution >= 0.6 is 11.3 Å². The molecule has 1 aromatic carbocycles. The van der Waals surface area contributed by atoms with Gasteiger partial charge in [-0.1, -0.05) is 20.8 Å². The van der Waals surface area contributed by atoms with Crippen LogP contribution in [0.25, 0.3) is 11.3 Å². The molecule has 0 bridgehead atoms. The van der Waals surface area contributed by atoms with Crippen LogP contribution in [0.2, 0.25) is 0 Å². The number of ether oxygens (including phenoxy) is 1. The Morgan fingerprint density at radius 1 is 1.35 bits per heavy atom. The first kappa shape index (κ1) is 17.4. The molecule has 2 rings (SSSR count). The molecule has 3 N–H and O–H groups in total. The van der Waals surface area contributed by atoms with Crippen molar-refractivity contribution in [2.45, 2.75) is 33.2 Å². The number of hydrogen-bond acceptors (Lipinski definition) is 5. The van der Waals surface area contributed by atoms with Crippen LogP contribution in [-0.4, -0.2) is 23.5 Å². The SMILES string of the molecule is CCCOc1ccc(-c2csc(NC(=O)[C@@H](N)C(C)C)n2)cc1. The van der Waals surface area contributed by atoms with Crippen molar-refractivity contribution >= 4 is 22.4 Å². The zero-order valence-electron chi connectivity index (χ0n) is 13.7. The zero-order valence-corrected chi connectivity index (χ0v) is 14.5. The summed E-state index contributed by atoms with van der Waals surface area (Å²) in [4.78, 5) is 16.4. The lowest BCUT2D eigenvalue weighted by molar-refractivity contribution is -0.118. The maximum Gasteiger partial charge on any atom is 0.243 e. The van der Waals surface area contributed by atoms with Gasteiger partial charge in [0.1, 0.15) is 5.75 Å². The van der Waals surface area contributed by atoms with Crippen molar-refractivity contribution in [2.24, 2.45) is 11.7 Å². The van der Waals surface area contributed by atoms with Crippen LogP contribution in [0.1, 0.15) is 27.2 Å². The monoisotopic (exact) mass is 333 g/mol. The highest BCUT2D eigenvalue weighted by Crippen LogP contribution is 2.26. The third kappa shape index (κ3) is 4.77. The molecule has 6 heteroatoms. The van der Waals surface area contributed by atoms with Gasteiger partial charge in [0.05, 0.1) is 18.3 Å². The quantitative estimate of drug-likeness (QED) is 0.813. The predicted molar refractivity (Wildman–Crippen MR) is 94.8 cm³/mol. The number of carbonyl (C=O) groups is 1. The topological polar surface area (TPSA) is 77.2 Å². The van der Waals surface area contributed by atoms with Crippen molar-refractivity contribution in [1.29, 1.82) is 0 Å². The standard InChI is InChI=1S/C17H23N3O2S/c1-4-9-22-13-7-5-12(6-8-13)14-10-23-17(19-14)20-16(21)15(18)11(2)3/h5-8,10-11,15H,4,9,18H2,1-3H3,(H,19,20,21)/t15-/m0/s1. The van der Waals surface area contributed by atoms with Gasteiger partial charge in [0.25, 0.3) is 0 Å². The van der Waals surface area contributed by atoms with E-state index in [1.165, 1.54) is 11.3 Å². The summed E-state index contributed by atoms with van der Waals surface area (Å²) in [6, 6.07) is 7.25. The molecule has 0 aliphatic carbocycles. The van der Waals surface area contributed by atoms with Gasteiger partial charge in [-0.25, -0.2) is 4.98 Å². The van der Waals surface area contributed by atoms with E-state index in [-0.39, 0.29) is 11.8 Å². The Labute approximate surface area is 140 Å². The molecule has 0 spiro atoms. The summed E-state index contributed by atoms with van der Waals surface area (Å²) in [5.41, 5.74) is 7.64.